The average Bonchev–Trinajstić information content (AvgIpc) is 2.85. The number of halogens is 1. The van der Waals surface area contributed by atoms with Crippen molar-refractivity contribution < 1.29 is 9.53 Å². The summed E-state index contributed by atoms with van der Waals surface area (Å²) in [7, 11) is 0. The van der Waals surface area contributed by atoms with Crippen LogP contribution in [0.4, 0.5) is 0 Å². The SMILES string of the molecule is O=C1O[C@H](Cl)N[C@H]1Cc1c[nH]c2ccccc12. The van der Waals surface area contributed by atoms with Gasteiger partial charge in [-0.2, -0.15) is 0 Å². The summed E-state index contributed by atoms with van der Waals surface area (Å²) in [6, 6.07) is 7.62. The fourth-order valence-corrected chi connectivity index (χ4v) is 2.35. The molecule has 3 rings (SSSR count). The first-order valence-corrected chi connectivity index (χ1v) is 5.83. The molecular formula is C12H11ClN2O2. The molecule has 2 heterocycles. The van der Waals surface area contributed by atoms with Gasteiger partial charge in [-0.1, -0.05) is 29.8 Å². The summed E-state index contributed by atoms with van der Waals surface area (Å²) in [6.45, 7) is 0. The third-order valence-electron chi connectivity index (χ3n) is 2.94. The third-order valence-corrected chi connectivity index (χ3v) is 3.15. The summed E-state index contributed by atoms with van der Waals surface area (Å²) >= 11 is 5.70. The largest absolute Gasteiger partial charge is 0.431 e. The summed E-state index contributed by atoms with van der Waals surface area (Å²) in [4.78, 5) is 14.6. The Bertz CT molecular complexity index is 566. The van der Waals surface area contributed by atoms with Gasteiger partial charge in [0, 0.05) is 23.5 Å². The van der Waals surface area contributed by atoms with Crippen molar-refractivity contribution in [3.63, 3.8) is 0 Å². The highest BCUT2D eigenvalue weighted by molar-refractivity contribution is 6.20. The van der Waals surface area contributed by atoms with Gasteiger partial charge in [0.25, 0.3) is 0 Å². The third kappa shape index (κ3) is 1.90. The van der Waals surface area contributed by atoms with Gasteiger partial charge in [0.15, 0.2) is 0 Å². The number of nitrogens with one attached hydrogen (secondary N) is 2. The fraction of sp³-hybridized carbons (Fsp3) is 0.250. The summed E-state index contributed by atoms with van der Waals surface area (Å²) in [5.41, 5.74) is 1.44. The highest BCUT2D eigenvalue weighted by atomic mass is 35.5. The van der Waals surface area contributed by atoms with Crippen molar-refractivity contribution in [3.8, 4) is 0 Å². The fourth-order valence-electron chi connectivity index (χ4n) is 2.11. The van der Waals surface area contributed by atoms with Crippen molar-refractivity contribution in [1.82, 2.24) is 10.3 Å². The Kier molecular flexibility index (Phi) is 2.53. The van der Waals surface area contributed by atoms with Crippen molar-refractivity contribution in [2.75, 3.05) is 0 Å². The zero-order chi connectivity index (χ0) is 11.8. The van der Waals surface area contributed by atoms with Crippen molar-refractivity contribution in [3.05, 3.63) is 36.0 Å². The summed E-state index contributed by atoms with van der Waals surface area (Å²) in [5.74, 6) is -0.296. The normalized spacial score (nSPS) is 24.2. The van der Waals surface area contributed by atoms with Gasteiger partial charge in [-0.05, 0) is 11.6 Å². The average molecular weight is 251 g/mol. The van der Waals surface area contributed by atoms with E-state index in [1.165, 1.54) is 0 Å². The molecule has 2 aromatic rings. The zero-order valence-corrected chi connectivity index (χ0v) is 9.70. The predicted molar refractivity (Wildman–Crippen MR) is 64.7 cm³/mol. The Hall–Kier alpha value is -1.52. The lowest BCUT2D eigenvalue weighted by molar-refractivity contribution is -0.140. The number of hydrogen-bond acceptors (Lipinski definition) is 3. The standard InChI is InChI=1S/C12H11ClN2O2/c13-12-15-10(11(16)17-12)5-7-6-14-9-4-2-1-3-8(7)9/h1-4,6,10,12,14-15H,5H2/t10-,12+/m0/s1. The van der Waals surface area contributed by atoms with E-state index in [2.05, 4.69) is 10.3 Å². The molecule has 88 valence electrons. The highest BCUT2D eigenvalue weighted by Gasteiger charge is 2.32. The van der Waals surface area contributed by atoms with Crippen LogP contribution >= 0.6 is 11.6 Å². The molecule has 0 bridgehead atoms. The minimum atomic E-state index is -0.710. The molecule has 1 aliphatic heterocycles. The first-order chi connectivity index (χ1) is 8.24. The molecule has 1 saturated heterocycles. The van der Waals surface area contributed by atoms with Crippen LogP contribution in [0.3, 0.4) is 0 Å². The van der Waals surface area contributed by atoms with E-state index in [0.29, 0.717) is 6.42 Å². The number of cyclic esters (lactones) is 1. The number of H-pyrrole nitrogens is 1. The molecule has 2 atom stereocenters. The van der Waals surface area contributed by atoms with Crippen LogP contribution in [0.15, 0.2) is 30.5 Å². The van der Waals surface area contributed by atoms with Gasteiger partial charge in [0.2, 0.25) is 5.69 Å². The number of fused-ring (bicyclic) bond motifs is 1. The lowest BCUT2D eigenvalue weighted by Gasteiger charge is -2.04. The van der Waals surface area contributed by atoms with Crippen LogP contribution < -0.4 is 5.32 Å². The molecule has 0 unspecified atom stereocenters. The van der Waals surface area contributed by atoms with Crippen molar-refractivity contribution >= 4 is 28.5 Å². The molecule has 2 N–H and O–H groups in total. The molecule has 17 heavy (non-hydrogen) atoms. The van der Waals surface area contributed by atoms with Crippen molar-refractivity contribution in [1.29, 1.82) is 0 Å². The molecule has 0 saturated carbocycles. The Morgan fingerprint density at radius 2 is 2.18 bits per heavy atom. The molecule has 0 amide bonds. The van der Waals surface area contributed by atoms with Gasteiger partial charge in [-0.25, -0.2) is 0 Å². The van der Waals surface area contributed by atoms with E-state index in [1.807, 2.05) is 30.5 Å². The second kappa shape index (κ2) is 4.05. The molecule has 0 radical (unpaired) electrons. The summed E-state index contributed by atoms with van der Waals surface area (Å²) < 4.78 is 4.84. The lowest BCUT2D eigenvalue weighted by atomic mass is 10.1. The number of rotatable bonds is 2. The Labute approximate surface area is 103 Å². The number of para-hydroxylation sites is 1. The molecule has 1 fully saturated rings. The number of carbonyl (C=O) groups is 1. The van der Waals surface area contributed by atoms with Crippen LogP contribution in [0.1, 0.15) is 5.56 Å². The van der Waals surface area contributed by atoms with Crippen LogP contribution in [-0.2, 0) is 16.0 Å². The molecule has 1 aromatic carbocycles. The Balaban J connectivity index is 1.88. The van der Waals surface area contributed by atoms with E-state index in [-0.39, 0.29) is 12.0 Å². The topological polar surface area (TPSA) is 54.1 Å². The molecule has 0 spiro atoms. The van der Waals surface area contributed by atoms with Crippen LogP contribution in [-0.4, -0.2) is 22.7 Å². The minimum absolute atomic E-state index is 0.296. The maximum Gasteiger partial charge on any atom is 0.326 e. The number of aromatic nitrogens is 1. The van der Waals surface area contributed by atoms with E-state index < -0.39 is 5.69 Å². The van der Waals surface area contributed by atoms with Gasteiger partial charge < -0.3 is 9.72 Å². The van der Waals surface area contributed by atoms with Crippen LogP contribution in [0, 0.1) is 0 Å². The van der Waals surface area contributed by atoms with Crippen molar-refractivity contribution in [2.24, 2.45) is 0 Å². The van der Waals surface area contributed by atoms with Gasteiger partial charge in [0.1, 0.15) is 6.04 Å². The second-order valence-electron chi connectivity index (χ2n) is 4.04. The van der Waals surface area contributed by atoms with Gasteiger partial charge in [-0.15, -0.1) is 0 Å². The Morgan fingerprint density at radius 1 is 1.35 bits per heavy atom. The predicted octanol–water partition coefficient (Wildman–Crippen LogP) is 1.75. The number of esters is 1. The van der Waals surface area contributed by atoms with Crippen LogP contribution in [0.25, 0.3) is 10.9 Å². The van der Waals surface area contributed by atoms with Crippen LogP contribution in [0.2, 0.25) is 0 Å². The second-order valence-corrected chi connectivity index (χ2v) is 4.43. The number of carbonyl (C=O) groups excluding carboxylic acids is 1. The first kappa shape index (κ1) is 10.6. The van der Waals surface area contributed by atoms with E-state index in [4.69, 9.17) is 16.3 Å². The lowest BCUT2D eigenvalue weighted by Crippen LogP contribution is -2.31. The summed E-state index contributed by atoms with van der Waals surface area (Å²) in [6.07, 6.45) is 2.49. The van der Waals surface area contributed by atoms with E-state index in [1.54, 1.807) is 0 Å². The molecule has 0 aliphatic carbocycles. The number of alkyl halides is 1. The van der Waals surface area contributed by atoms with Gasteiger partial charge in [-0.3, -0.25) is 10.1 Å². The number of benzene rings is 1. The number of aromatic amines is 1. The molecule has 1 aromatic heterocycles. The van der Waals surface area contributed by atoms with Crippen molar-refractivity contribution in [2.45, 2.75) is 18.1 Å². The zero-order valence-electron chi connectivity index (χ0n) is 8.94. The van der Waals surface area contributed by atoms with E-state index in [9.17, 15) is 4.79 Å². The maximum atomic E-state index is 11.5. The smallest absolute Gasteiger partial charge is 0.326 e. The number of hydrogen-bond donors (Lipinski definition) is 2. The van der Waals surface area contributed by atoms with E-state index >= 15 is 0 Å². The molecule has 5 heteroatoms. The van der Waals surface area contributed by atoms with Gasteiger partial charge in [0.05, 0.1) is 0 Å². The monoisotopic (exact) mass is 250 g/mol. The summed E-state index contributed by atoms with van der Waals surface area (Å²) in [5, 5.41) is 4.01. The van der Waals surface area contributed by atoms with E-state index in [0.717, 1.165) is 16.5 Å². The number of ether oxygens (including phenoxy) is 1. The molecular weight excluding hydrogens is 240 g/mol. The quantitative estimate of drug-likeness (QED) is 0.485. The van der Waals surface area contributed by atoms with Crippen LogP contribution in [0.5, 0.6) is 0 Å². The minimum Gasteiger partial charge on any atom is -0.431 e. The Morgan fingerprint density at radius 3 is 2.94 bits per heavy atom. The van der Waals surface area contributed by atoms with Gasteiger partial charge >= 0.3 is 5.97 Å². The maximum absolute atomic E-state index is 11.5. The molecule has 1 aliphatic rings. The highest BCUT2D eigenvalue weighted by Crippen LogP contribution is 2.21. The molecule has 4 nitrogen and oxygen atoms in total. The first-order valence-electron chi connectivity index (χ1n) is 5.39.